The number of imide groups is 1. The van der Waals surface area contributed by atoms with Gasteiger partial charge in [-0.3, -0.25) is 14.5 Å². The Morgan fingerprint density at radius 3 is 2.00 bits per heavy atom. The van der Waals surface area contributed by atoms with E-state index in [1.54, 1.807) is 4.90 Å². The third-order valence-electron chi connectivity index (χ3n) is 7.86. The molecule has 2 saturated heterocycles. The summed E-state index contributed by atoms with van der Waals surface area (Å²) in [6.45, 7) is 3.82. The van der Waals surface area contributed by atoms with Crippen LogP contribution in [-0.2, 0) is 14.4 Å². The minimum atomic E-state index is -0.765. The maximum atomic E-state index is 13.0. The summed E-state index contributed by atoms with van der Waals surface area (Å²) in [4.78, 5) is 48.0. The van der Waals surface area contributed by atoms with Crippen molar-refractivity contribution in [1.29, 1.82) is 0 Å². The van der Waals surface area contributed by atoms with Gasteiger partial charge in [-0.25, -0.2) is 4.79 Å². The van der Waals surface area contributed by atoms with E-state index in [2.05, 4.69) is 4.90 Å². The zero-order valence-corrected chi connectivity index (χ0v) is 21.7. The standard InChI is InChI=1S/C27H29Cl2N3O4/c1-27-13-3-2-4-22(27)24(33)32(25(27)34)36-26(35)31-16-14-30(15-17-31)23(18-5-9-20(28)10-6-18)19-7-11-21(29)12-8-19/h5-12,22-23H,2-4,13-17H2,1H3. The number of amides is 3. The summed E-state index contributed by atoms with van der Waals surface area (Å²) in [6.07, 6.45) is 2.45. The summed E-state index contributed by atoms with van der Waals surface area (Å²) in [6, 6.07) is 15.5. The Kier molecular flexibility index (Phi) is 6.99. The molecule has 5 rings (SSSR count). The van der Waals surface area contributed by atoms with Crippen molar-refractivity contribution in [2.75, 3.05) is 26.2 Å². The zero-order valence-electron chi connectivity index (χ0n) is 20.2. The lowest BCUT2D eigenvalue weighted by atomic mass is 9.69. The van der Waals surface area contributed by atoms with Crippen molar-refractivity contribution in [2.24, 2.45) is 11.3 Å². The summed E-state index contributed by atoms with van der Waals surface area (Å²) in [7, 11) is 0. The van der Waals surface area contributed by atoms with E-state index < -0.39 is 23.3 Å². The molecular formula is C27H29Cl2N3O4. The van der Waals surface area contributed by atoms with Crippen LogP contribution in [0.3, 0.4) is 0 Å². The molecular weight excluding hydrogens is 501 g/mol. The minimum absolute atomic E-state index is 0.0393. The van der Waals surface area contributed by atoms with Gasteiger partial charge >= 0.3 is 6.09 Å². The number of nitrogens with zero attached hydrogens (tertiary/aromatic N) is 3. The Bertz CT molecular complexity index is 1100. The van der Waals surface area contributed by atoms with Crippen molar-refractivity contribution in [1.82, 2.24) is 14.9 Å². The smallest absolute Gasteiger partial charge is 0.311 e. The molecule has 7 nitrogen and oxygen atoms in total. The van der Waals surface area contributed by atoms with E-state index in [0.29, 0.717) is 49.1 Å². The van der Waals surface area contributed by atoms with Crippen molar-refractivity contribution in [2.45, 2.75) is 38.6 Å². The van der Waals surface area contributed by atoms with Gasteiger partial charge in [0.1, 0.15) is 0 Å². The average Bonchev–Trinajstić information content (AvgIpc) is 3.07. The molecule has 0 bridgehead atoms. The number of hydrogen-bond donors (Lipinski definition) is 0. The first-order valence-electron chi connectivity index (χ1n) is 12.4. The van der Waals surface area contributed by atoms with Crippen LogP contribution in [0.25, 0.3) is 0 Å². The van der Waals surface area contributed by atoms with Crippen LogP contribution in [0.2, 0.25) is 10.0 Å². The van der Waals surface area contributed by atoms with Crippen LogP contribution >= 0.6 is 23.2 Å². The van der Waals surface area contributed by atoms with Gasteiger partial charge < -0.3 is 9.74 Å². The number of piperazine rings is 1. The van der Waals surface area contributed by atoms with Crippen LogP contribution < -0.4 is 0 Å². The highest BCUT2D eigenvalue weighted by molar-refractivity contribution is 6.30. The second-order valence-corrected chi connectivity index (χ2v) is 10.9. The average molecular weight is 530 g/mol. The van der Waals surface area contributed by atoms with E-state index in [1.807, 2.05) is 55.5 Å². The number of halogens is 2. The first-order valence-corrected chi connectivity index (χ1v) is 13.1. The van der Waals surface area contributed by atoms with E-state index >= 15 is 0 Å². The van der Waals surface area contributed by atoms with E-state index in [-0.39, 0.29) is 11.9 Å². The first kappa shape index (κ1) is 25.1. The molecule has 2 atom stereocenters. The van der Waals surface area contributed by atoms with Gasteiger partial charge in [-0.05, 0) is 55.2 Å². The van der Waals surface area contributed by atoms with Crippen LogP contribution in [-0.4, -0.2) is 58.9 Å². The number of rotatable bonds is 4. The van der Waals surface area contributed by atoms with Crippen LogP contribution in [0.1, 0.15) is 49.8 Å². The fourth-order valence-corrected chi connectivity index (χ4v) is 6.00. The van der Waals surface area contributed by atoms with Crippen LogP contribution in [0.15, 0.2) is 48.5 Å². The number of fused-ring (bicyclic) bond motifs is 1. The van der Waals surface area contributed by atoms with E-state index in [9.17, 15) is 14.4 Å². The maximum Gasteiger partial charge on any atom is 0.434 e. The highest BCUT2D eigenvalue weighted by Crippen LogP contribution is 2.48. The van der Waals surface area contributed by atoms with Crippen molar-refractivity contribution >= 4 is 41.1 Å². The predicted octanol–water partition coefficient (Wildman–Crippen LogP) is 5.32. The van der Waals surface area contributed by atoms with E-state index in [1.165, 1.54) is 0 Å². The third-order valence-corrected chi connectivity index (χ3v) is 8.36. The van der Waals surface area contributed by atoms with Gasteiger partial charge in [0.2, 0.25) is 0 Å². The molecule has 0 spiro atoms. The molecule has 0 radical (unpaired) electrons. The summed E-state index contributed by atoms with van der Waals surface area (Å²) < 4.78 is 0. The van der Waals surface area contributed by atoms with Gasteiger partial charge in [-0.2, -0.15) is 0 Å². The molecule has 0 aromatic heterocycles. The van der Waals surface area contributed by atoms with E-state index in [4.69, 9.17) is 28.0 Å². The molecule has 0 N–H and O–H groups in total. The molecule has 3 amide bonds. The number of carbonyl (C=O) groups excluding carboxylic acids is 3. The number of hydrogen-bond acceptors (Lipinski definition) is 5. The summed E-state index contributed by atoms with van der Waals surface area (Å²) >= 11 is 12.2. The Labute approximate surface area is 220 Å². The van der Waals surface area contributed by atoms with Gasteiger partial charge in [0.05, 0.1) is 17.4 Å². The van der Waals surface area contributed by atoms with E-state index in [0.717, 1.165) is 29.0 Å². The van der Waals surface area contributed by atoms with Crippen molar-refractivity contribution in [3.63, 3.8) is 0 Å². The molecule has 2 aliphatic heterocycles. The van der Waals surface area contributed by atoms with Gasteiger partial charge in [0.25, 0.3) is 11.8 Å². The van der Waals surface area contributed by atoms with Gasteiger partial charge in [-0.15, -0.1) is 5.06 Å². The predicted molar refractivity (Wildman–Crippen MR) is 136 cm³/mol. The number of hydroxylamine groups is 2. The molecule has 3 aliphatic rings. The molecule has 2 unspecified atom stereocenters. The fraction of sp³-hybridized carbons (Fsp3) is 0.444. The van der Waals surface area contributed by atoms with Crippen LogP contribution in [0, 0.1) is 11.3 Å². The molecule has 36 heavy (non-hydrogen) atoms. The summed E-state index contributed by atoms with van der Waals surface area (Å²) in [5.41, 5.74) is 1.40. The highest BCUT2D eigenvalue weighted by atomic mass is 35.5. The number of carbonyl (C=O) groups is 3. The molecule has 1 saturated carbocycles. The molecule has 3 fully saturated rings. The van der Waals surface area contributed by atoms with Gasteiger partial charge in [0, 0.05) is 36.2 Å². The normalized spacial score (nSPS) is 24.8. The van der Waals surface area contributed by atoms with Crippen LogP contribution in [0.5, 0.6) is 0 Å². The maximum absolute atomic E-state index is 13.0. The molecule has 9 heteroatoms. The van der Waals surface area contributed by atoms with Gasteiger partial charge in [0.15, 0.2) is 0 Å². The Balaban J connectivity index is 1.27. The second kappa shape index (κ2) is 10.0. The van der Waals surface area contributed by atoms with Crippen molar-refractivity contribution in [3.05, 3.63) is 69.7 Å². The lowest BCUT2D eigenvalue weighted by Crippen LogP contribution is -2.51. The molecule has 1 aliphatic carbocycles. The quantitative estimate of drug-likeness (QED) is 0.501. The first-order chi connectivity index (χ1) is 17.3. The molecule has 2 aromatic rings. The molecule has 2 heterocycles. The minimum Gasteiger partial charge on any atom is -0.311 e. The zero-order chi connectivity index (χ0) is 25.4. The number of benzene rings is 2. The Morgan fingerprint density at radius 1 is 0.917 bits per heavy atom. The van der Waals surface area contributed by atoms with Crippen molar-refractivity contribution in [3.8, 4) is 0 Å². The monoisotopic (exact) mass is 529 g/mol. The molecule has 2 aromatic carbocycles. The Morgan fingerprint density at radius 2 is 1.47 bits per heavy atom. The van der Waals surface area contributed by atoms with Crippen molar-refractivity contribution < 1.29 is 19.2 Å². The summed E-state index contributed by atoms with van der Waals surface area (Å²) in [5, 5.41) is 2.07. The summed E-state index contributed by atoms with van der Waals surface area (Å²) in [5.74, 6) is -1.18. The highest BCUT2D eigenvalue weighted by Gasteiger charge is 2.59. The lowest BCUT2D eigenvalue weighted by molar-refractivity contribution is -0.177. The topological polar surface area (TPSA) is 70.2 Å². The van der Waals surface area contributed by atoms with Crippen LogP contribution in [0.4, 0.5) is 4.79 Å². The van der Waals surface area contributed by atoms with Gasteiger partial charge in [-0.1, -0.05) is 60.3 Å². The molecule has 190 valence electrons. The second-order valence-electron chi connectivity index (χ2n) is 10.0. The SMILES string of the molecule is CC12CCCCC1C(=O)N(OC(=O)N1CCN(C(c3ccc(Cl)cc3)c3ccc(Cl)cc3)CC1)C2=O. The largest absolute Gasteiger partial charge is 0.434 e. The third kappa shape index (κ3) is 4.60. The fourth-order valence-electron chi connectivity index (χ4n) is 5.75. The lowest BCUT2D eigenvalue weighted by Gasteiger charge is -2.39. The Hall–Kier alpha value is -2.61.